The minimum Gasteiger partial charge on any atom is -0.347 e. The van der Waals surface area contributed by atoms with Crippen molar-refractivity contribution in [3.63, 3.8) is 0 Å². The maximum absolute atomic E-state index is 5.81. The molecular weight excluding hydrogens is 214 g/mol. The Labute approximate surface area is 103 Å². The number of nitrogens with two attached hydrogens (primary N) is 1. The first kappa shape index (κ1) is 12.6. The molecule has 0 radical (unpaired) electrons. The van der Waals surface area contributed by atoms with Crippen molar-refractivity contribution in [2.24, 2.45) is 5.73 Å². The molecule has 1 aliphatic heterocycles. The van der Waals surface area contributed by atoms with Gasteiger partial charge >= 0.3 is 0 Å². The molecular formula is C14H21NO2. The van der Waals surface area contributed by atoms with Gasteiger partial charge in [0, 0.05) is 0 Å². The fourth-order valence-corrected chi connectivity index (χ4v) is 2.03. The average Bonchev–Trinajstić information content (AvgIpc) is 2.69. The highest BCUT2D eigenvalue weighted by molar-refractivity contribution is 5.27. The molecule has 2 N–H and O–H groups in total. The molecule has 0 amide bonds. The summed E-state index contributed by atoms with van der Waals surface area (Å²) in [6, 6.07) is 8.47. The number of ether oxygens (including phenoxy) is 2. The summed E-state index contributed by atoms with van der Waals surface area (Å²) in [4.78, 5) is 0. The van der Waals surface area contributed by atoms with E-state index in [2.05, 4.69) is 31.2 Å². The highest BCUT2D eigenvalue weighted by Gasteiger charge is 2.33. The summed E-state index contributed by atoms with van der Waals surface area (Å²) in [5.74, 6) is -0.0605. The number of hydrogen-bond donors (Lipinski definition) is 1. The van der Waals surface area contributed by atoms with Crippen LogP contribution in [0.1, 0.15) is 43.9 Å². The van der Waals surface area contributed by atoms with Crippen molar-refractivity contribution in [1.82, 2.24) is 0 Å². The van der Waals surface area contributed by atoms with Gasteiger partial charge in [-0.1, -0.05) is 31.2 Å². The lowest BCUT2D eigenvalue weighted by Gasteiger charge is -2.17. The Morgan fingerprint density at radius 1 is 1.35 bits per heavy atom. The summed E-state index contributed by atoms with van der Waals surface area (Å²) in [5.41, 5.74) is 8.10. The first-order chi connectivity index (χ1) is 8.02. The molecule has 1 aliphatic rings. The molecule has 2 unspecified atom stereocenters. The van der Waals surface area contributed by atoms with Crippen LogP contribution in [-0.2, 0) is 9.47 Å². The number of rotatable bonds is 3. The molecule has 2 rings (SSSR count). The van der Waals surface area contributed by atoms with E-state index in [9.17, 15) is 0 Å². The predicted molar refractivity (Wildman–Crippen MR) is 67.8 cm³/mol. The van der Waals surface area contributed by atoms with Crippen LogP contribution in [-0.4, -0.2) is 18.9 Å². The lowest BCUT2D eigenvalue weighted by molar-refractivity contribution is -0.139. The topological polar surface area (TPSA) is 44.5 Å². The van der Waals surface area contributed by atoms with Crippen LogP contribution < -0.4 is 5.73 Å². The largest absolute Gasteiger partial charge is 0.347 e. The van der Waals surface area contributed by atoms with E-state index in [1.54, 1.807) is 0 Å². The van der Waals surface area contributed by atoms with Crippen molar-refractivity contribution < 1.29 is 9.47 Å². The average molecular weight is 235 g/mol. The Morgan fingerprint density at radius 2 is 2.00 bits per heavy atom. The van der Waals surface area contributed by atoms with E-state index < -0.39 is 5.79 Å². The van der Waals surface area contributed by atoms with Crippen LogP contribution in [0.5, 0.6) is 0 Å². The SMILES string of the molecule is CC(CN)c1ccc(C2COC(C)(C)O2)cc1. The van der Waals surface area contributed by atoms with Gasteiger partial charge in [0.1, 0.15) is 6.10 Å². The van der Waals surface area contributed by atoms with Crippen LogP contribution in [0.15, 0.2) is 24.3 Å². The lowest BCUT2D eigenvalue weighted by Crippen LogP contribution is -2.19. The maximum Gasteiger partial charge on any atom is 0.163 e. The lowest BCUT2D eigenvalue weighted by atomic mass is 9.99. The Kier molecular flexibility index (Phi) is 3.52. The highest BCUT2D eigenvalue weighted by atomic mass is 16.7. The van der Waals surface area contributed by atoms with Gasteiger partial charge in [-0.2, -0.15) is 0 Å². The third kappa shape index (κ3) is 2.86. The van der Waals surface area contributed by atoms with Gasteiger partial charge in [0.2, 0.25) is 0 Å². The first-order valence-electron chi connectivity index (χ1n) is 6.13. The normalized spacial score (nSPS) is 24.8. The van der Waals surface area contributed by atoms with E-state index in [-0.39, 0.29) is 6.10 Å². The molecule has 94 valence electrons. The van der Waals surface area contributed by atoms with Crippen molar-refractivity contribution >= 4 is 0 Å². The van der Waals surface area contributed by atoms with Crippen molar-refractivity contribution in [3.8, 4) is 0 Å². The van der Waals surface area contributed by atoms with Gasteiger partial charge in [-0.25, -0.2) is 0 Å². The molecule has 1 fully saturated rings. The second-order valence-corrected chi connectivity index (χ2v) is 5.12. The van der Waals surface area contributed by atoms with E-state index in [4.69, 9.17) is 15.2 Å². The highest BCUT2D eigenvalue weighted by Crippen LogP contribution is 2.33. The minimum absolute atomic E-state index is 0.0484. The molecule has 1 aromatic rings. The second kappa shape index (κ2) is 4.77. The van der Waals surface area contributed by atoms with Crippen LogP contribution in [0.2, 0.25) is 0 Å². The van der Waals surface area contributed by atoms with Gasteiger partial charge in [0.25, 0.3) is 0 Å². The zero-order valence-corrected chi connectivity index (χ0v) is 10.8. The third-order valence-corrected chi connectivity index (χ3v) is 3.24. The van der Waals surface area contributed by atoms with Crippen LogP contribution in [0, 0.1) is 0 Å². The maximum atomic E-state index is 5.81. The van der Waals surface area contributed by atoms with Gasteiger partial charge in [-0.05, 0) is 37.4 Å². The Morgan fingerprint density at radius 3 is 2.47 bits per heavy atom. The molecule has 1 aromatic carbocycles. The van der Waals surface area contributed by atoms with E-state index in [0.29, 0.717) is 19.1 Å². The van der Waals surface area contributed by atoms with Crippen molar-refractivity contribution in [3.05, 3.63) is 35.4 Å². The van der Waals surface area contributed by atoms with Gasteiger partial charge in [-0.15, -0.1) is 0 Å². The standard InChI is InChI=1S/C14H21NO2/c1-10(8-15)11-4-6-12(7-5-11)13-9-16-14(2,3)17-13/h4-7,10,13H,8-9,15H2,1-3H3. The fourth-order valence-electron chi connectivity index (χ4n) is 2.03. The molecule has 17 heavy (non-hydrogen) atoms. The summed E-state index contributed by atoms with van der Waals surface area (Å²) in [6.45, 7) is 7.32. The molecule has 1 saturated heterocycles. The fraction of sp³-hybridized carbons (Fsp3) is 0.571. The van der Waals surface area contributed by atoms with E-state index in [1.807, 2.05) is 13.8 Å². The Hall–Kier alpha value is -0.900. The van der Waals surface area contributed by atoms with Crippen molar-refractivity contribution in [1.29, 1.82) is 0 Å². The first-order valence-corrected chi connectivity index (χ1v) is 6.13. The Bertz CT molecular complexity index is 372. The van der Waals surface area contributed by atoms with Gasteiger partial charge in [-0.3, -0.25) is 0 Å². The summed E-state index contributed by atoms with van der Waals surface area (Å²) in [6.07, 6.45) is 0.0484. The monoisotopic (exact) mass is 235 g/mol. The summed E-state index contributed by atoms with van der Waals surface area (Å²) in [7, 11) is 0. The zero-order chi connectivity index (χ0) is 12.5. The second-order valence-electron chi connectivity index (χ2n) is 5.12. The number of benzene rings is 1. The molecule has 0 bridgehead atoms. The van der Waals surface area contributed by atoms with Crippen molar-refractivity contribution in [2.45, 2.75) is 38.6 Å². The van der Waals surface area contributed by atoms with Gasteiger partial charge < -0.3 is 15.2 Å². The zero-order valence-electron chi connectivity index (χ0n) is 10.8. The molecule has 0 aromatic heterocycles. The minimum atomic E-state index is -0.464. The van der Waals surface area contributed by atoms with Gasteiger partial charge in [0.05, 0.1) is 6.61 Å². The van der Waals surface area contributed by atoms with Crippen LogP contribution in [0.3, 0.4) is 0 Å². The van der Waals surface area contributed by atoms with E-state index >= 15 is 0 Å². The molecule has 0 saturated carbocycles. The third-order valence-electron chi connectivity index (χ3n) is 3.24. The summed E-state index contributed by atoms with van der Waals surface area (Å²) in [5, 5.41) is 0. The quantitative estimate of drug-likeness (QED) is 0.875. The van der Waals surface area contributed by atoms with Gasteiger partial charge in [0.15, 0.2) is 5.79 Å². The summed E-state index contributed by atoms with van der Waals surface area (Å²) >= 11 is 0. The smallest absolute Gasteiger partial charge is 0.163 e. The number of hydrogen-bond acceptors (Lipinski definition) is 3. The van der Waals surface area contributed by atoms with Crippen LogP contribution in [0.25, 0.3) is 0 Å². The van der Waals surface area contributed by atoms with Crippen LogP contribution in [0.4, 0.5) is 0 Å². The molecule has 3 heteroatoms. The molecule has 2 atom stereocenters. The Balaban J connectivity index is 2.09. The molecule has 0 aliphatic carbocycles. The predicted octanol–water partition coefficient (Wildman–Crippen LogP) is 2.57. The van der Waals surface area contributed by atoms with Crippen LogP contribution >= 0.6 is 0 Å². The van der Waals surface area contributed by atoms with Crippen molar-refractivity contribution in [2.75, 3.05) is 13.2 Å². The molecule has 3 nitrogen and oxygen atoms in total. The summed E-state index contributed by atoms with van der Waals surface area (Å²) < 4.78 is 11.4. The molecule has 0 spiro atoms. The molecule has 1 heterocycles. The van der Waals surface area contributed by atoms with E-state index in [1.165, 1.54) is 11.1 Å². The van der Waals surface area contributed by atoms with E-state index in [0.717, 1.165) is 0 Å².